The zero-order valence-corrected chi connectivity index (χ0v) is 14.9. The maximum Gasteiger partial charge on any atom is 0.324 e. The predicted molar refractivity (Wildman–Crippen MR) is 99.8 cm³/mol. The van der Waals surface area contributed by atoms with Crippen LogP contribution < -0.4 is 10.6 Å². The number of nitrogens with zero attached hydrogens (tertiary/aromatic N) is 1. The monoisotopic (exact) mass is 363 g/mol. The van der Waals surface area contributed by atoms with Crippen LogP contribution in [0.5, 0.6) is 0 Å². The van der Waals surface area contributed by atoms with Gasteiger partial charge in [0.2, 0.25) is 5.91 Å². The second-order valence-corrected chi connectivity index (χ2v) is 7.03. The summed E-state index contributed by atoms with van der Waals surface area (Å²) in [5.74, 6) is 0.143. The number of benzene rings is 2. The van der Waals surface area contributed by atoms with E-state index in [2.05, 4.69) is 10.6 Å². The molecule has 0 aromatic heterocycles. The number of nitrogens with one attached hydrogen (secondary N) is 2. The molecule has 138 valence electrons. The summed E-state index contributed by atoms with van der Waals surface area (Å²) in [4.78, 5) is 37.1. The summed E-state index contributed by atoms with van der Waals surface area (Å²) in [6.45, 7) is 0.253. The van der Waals surface area contributed by atoms with Gasteiger partial charge in [-0.15, -0.1) is 0 Å². The minimum atomic E-state index is -0.378. The van der Waals surface area contributed by atoms with E-state index in [1.165, 1.54) is 4.90 Å². The summed E-state index contributed by atoms with van der Waals surface area (Å²) in [6.07, 6.45) is 2.26. The smallest absolute Gasteiger partial charge is 0.324 e. The number of hydrogen-bond acceptors (Lipinski definition) is 3. The Morgan fingerprint density at radius 2 is 1.78 bits per heavy atom. The van der Waals surface area contributed by atoms with E-state index in [1.807, 2.05) is 30.3 Å². The molecular weight excluding hydrogens is 342 g/mol. The van der Waals surface area contributed by atoms with Gasteiger partial charge in [0.1, 0.15) is 0 Å². The molecule has 0 radical (unpaired) electrons. The van der Waals surface area contributed by atoms with Crippen molar-refractivity contribution in [3.05, 3.63) is 71.3 Å². The van der Waals surface area contributed by atoms with E-state index < -0.39 is 0 Å². The molecule has 2 N–H and O–H groups in total. The first-order valence-corrected chi connectivity index (χ1v) is 9.15. The summed E-state index contributed by atoms with van der Waals surface area (Å²) in [5, 5.41) is 5.65. The molecule has 1 atom stereocenters. The van der Waals surface area contributed by atoms with Crippen LogP contribution in [-0.4, -0.2) is 29.3 Å². The predicted octanol–water partition coefficient (Wildman–Crippen LogP) is 2.62. The van der Waals surface area contributed by atoms with Gasteiger partial charge in [-0.1, -0.05) is 42.5 Å². The Balaban J connectivity index is 1.43. The Hall–Kier alpha value is -3.15. The molecule has 6 heteroatoms. The highest BCUT2D eigenvalue weighted by atomic mass is 16.2. The number of rotatable bonds is 6. The number of amides is 4. The Kier molecular flexibility index (Phi) is 4.62. The lowest BCUT2D eigenvalue weighted by Gasteiger charge is -2.19. The van der Waals surface area contributed by atoms with Crippen molar-refractivity contribution in [2.75, 3.05) is 6.54 Å². The minimum absolute atomic E-state index is 0.0318. The zero-order chi connectivity index (χ0) is 18.8. The van der Waals surface area contributed by atoms with Crippen LogP contribution >= 0.6 is 0 Å². The van der Waals surface area contributed by atoms with Crippen LogP contribution in [0.15, 0.2) is 54.6 Å². The highest BCUT2D eigenvalue weighted by Crippen LogP contribution is 2.41. The van der Waals surface area contributed by atoms with Gasteiger partial charge in [0, 0.05) is 5.56 Å². The van der Waals surface area contributed by atoms with Crippen molar-refractivity contribution in [2.45, 2.75) is 25.4 Å². The molecule has 1 aliphatic heterocycles. The summed E-state index contributed by atoms with van der Waals surface area (Å²) in [5.41, 5.74) is 2.50. The fourth-order valence-corrected chi connectivity index (χ4v) is 3.35. The molecule has 2 fully saturated rings. The quantitative estimate of drug-likeness (QED) is 0.775. The molecule has 1 aliphatic carbocycles. The number of urea groups is 1. The Labute approximate surface area is 157 Å². The van der Waals surface area contributed by atoms with Crippen LogP contribution in [0.2, 0.25) is 0 Å². The van der Waals surface area contributed by atoms with Crippen molar-refractivity contribution < 1.29 is 14.4 Å². The fraction of sp³-hybridized carbons (Fsp3) is 0.286. The molecule has 2 aliphatic rings. The number of carbonyl (C=O) groups excluding carboxylic acids is 3. The second kappa shape index (κ2) is 7.23. The molecule has 0 bridgehead atoms. The molecule has 1 saturated carbocycles. The molecule has 4 amide bonds. The number of hydrogen-bond donors (Lipinski definition) is 2. The van der Waals surface area contributed by atoms with Gasteiger partial charge in [-0.3, -0.25) is 14.5 Å². The highest BCUT2D eigenvalue weighted by molar-refractivity contribution is 6.01. The second-order valence-electron chi connectivity index (χ2n) is 7.03. The Bertz CT molecular complexity index is 844. The Morgan fingerprint density at radius 1 is 1.07 bits per heavy atom. The summed E-state index contributed by atoms with van der Waals surface area (Å²) in [6, 6.07) is 16.7. The normalized spacial score (nSPS) is 17.6. The van der Waals surface area contributed by atoms with E-state index in [-0.39, 0.29) is 37.0 Å². The van der Waals surface area contributed by atoms with Crippen molar-refractivity contribution in [2.24, 2.45) is 5.92 Å². The molecule has 2 aromatic carbocycles. The van der Waals surface area contributed by atoms with Gasteiger partial charge in [-0.2, -0.15) is 0 Å². The minimum Gasteiger partial charge on any atom is -0.345 e. The topological polar surface area (TPSA) is 78.5 Å². The van der Waals surface area contributed by atoms with Gasteiger partial charge in [-0.25, -0.2) is 4.79 Å². The van der Waals surface area contributed by atoms with Gasteiger partial charge in [0.25, 0.3) is 5.91 Å². The van der Waals surface area contributed by atoms with Crippen LogP contribution in [-0.2, 0) is 11.3 Å². The molecule has 0 unspecified atom stereocenters. The number of carbonyl (C=O) groups is 3. The van der Waals surface area contributed by atoms with Gasteiger partial charge in [0.05, 0.1) is 19.1 Å². The first-order valence-electron chi connectivity index (χ1n) is 9.15. The lowest BCUT2D eigenvalue weighted by molar-refractivity contribution is -0.125. The van der Waals surface area contributed by atoms with E-state index in [1.54, 1.807) is 24.3 Å². The number of imide groups is 1. The van der Waals surface area contributed by atoms with E-state index in [4.69, 9.17) is 0 Å². The van der Waals surface area contributed by atoms with Gasteiger partial charge in [0.15, 0.2) is 0 Å². The molecule has 4 rings (SSSR count). The Morgan fingerprint density at radius 3 is 2.37 bits per heavy atom. The lowest BCUT2D eigenvalue weighted by atomic mass is 10.0. The third-order valence-corrected chi connectivity index (χ3v) is 5.03. The maximum absolute atomic E-state index is 12.7. The van der Waals surface area contributed by atoms with E-state index in [9.17, 15) is 14.4 Å². The highest BCUT2D eigenvalue weighted by Gasteiger charge is 2.33. The van der Waals surface area contributed by atoms with E-state index in [0.717, 1.165) is 24.0 Å². The first kappa shape index (κ1) is 17.3. The van der Waals surface area contributed by atoms with Gasteiger partial charge >= 0.3 is 6.03 Å². The van der Waals surface area contributed by atoms with Crippen LogP contribution in [0.25, 0.3) is 0 Å². The van der Waals surface area contributed by atoms with E-state index in [0.29, 0.717) is 11.5 Å². The van der Waals surface area contributed by atoms with Crippen LogP contribution in [0.3, 0.4) is 0 Å². The third-order valence-electron chi connectivity index (χ3n) is 5.03. The SMILES string of the molecule is O=C(N[C@@H](c1ccccc1)C1CC1)c1ccc(CN2C(=O)CNC2=O)cc1. The summed E-state index contributed by atoms with van der Waals surface area (Å²) < 4.78 is 0. The molecule has 1 heterocycles. The largest absolute Gasteiger partial charge is 0.345 e. The van der Waals surface area contributed by atoms with Crippen molar-refractivity contribution in [3.63, 3.8) is 0 Å². The molecular formula is C21H21N3O3. The third kappa shape index (κ3) is 3.84. The average Bonchev–Trinajstić information content (AvgIpc) is 3.49. The zero-order valence-electron chi connectivity index (χ0n) is 14.9. The average molecular weight is 363 g/mol. The van der Waals surface area contributed by atoms with Gasteiger partial charge in [-0.05, 0) is 42.0 Å². The molecule has 1 saturated heterocycles. The van der Waals surface area contributed by atoms with Crippen LogP contribution in [0.1, 0.15) is 40.4 Å². The molecule has 0 spiro atoms. The lowest BCUT2D eigenvalue weighted by Crippen LogP contribution is -2.31. The summed E-state index contributed by atoms with van der Waals surface area (Å²) in [7, 11) is 0. The van der Waals surface area contributed by atoms with Crippen molar-refractivity contribution in [3.8, 4) is 0 Å². The van der Waals surface area contributed by atoms with Gasteiger partial charge < -0.3 is 10.6 Å². The van der Waals surface area contributed by atoms with Crippen molar-refractivity contribution in [1.29, 1.82) is 0 Å². The molecule has 2 aromatic rings. The van der Waals surface area contributed by atoms with Crippen LogP contribution in [0, 0.1) is 5.92 Å². The van der Waals surface area contributed by atoms with Crippen LogP contribution in [0.4, 0.5) is 4.79 Å². The van der Waals surface area contributed by atoms with Crippen molar-refractivity contribution in [1.82, 2.24) is 15.5 Å². The maximum atomic E-state index is 12.7. The fourth-order valence-electron chi connectivity index (χ4n) is 3.35. The first-order chi connectivity index (χ1) is 13.1. The van der Waals surface area contributed by atoms with Crippen molar-refractivity contribution >= 4 is 17.8 Å². The summed E-state index contributed by atoms with van der Waals surface area (Å²) >= 11 is 0. The standard InChI is InChI=1S/C21H21N3O3/c25-18-12-22-21(27)24(18)13-14-6-8-17(9-7-14)20(26)23-19(16-10-11-16)15-4-2-1-3-5-15/h1-9,16,19H,10-13H2,(H,22,27)(H,23,26)/t19-/m0/s1. The molecule has 6 nitrogen and oxygen atoms in total. The van der Waals surface area contributed by atoms with E-state index >= 15 is 0 Å². The molecule has 27 heavy (non-hydrogen) atoms.